The first kappa shape index (κ1) is 15.4. The molecular weight excluding hydrogens is 308 g/mol. The second-order valence-corrected chi connectivity index (χ2v) is 8.07. The molecule has 4 rings (SSSR count). The fourth-order valence-electron chi connectivity index (χ4n) is 4.23. The normalized spacial score (nSPS) is 28.6. The first-order chi connectivity index (χ1) is 11.3. The summed E-state index contributed by atoms with van der Waals surface area (Å²) < 4.78 is 0. The molecule has 1 saturated carbocycles. The molecule has 0 spiro atoms. The van der Waals surface area contributed by atoms with Crippen molar-refractivity contribution in [2.45, 2.75) is 69.4 Å². The van der Waals surface area contributed by atoms with Gasteiger partial charge in [0.25, 0.3) is 0 Å². The van der Waals surface area contributed by atoms with Crippen LogP contribution in [0.5, 0.6) is 0 Å². The molecule has 23 heavy (non-hydrogen) atoms. The van der Waals surface area contributed by atoms with Crippen LogP contribution in [0.15, 0.2) is 5.38 Å². The van der Waals surface area contributed by atoms with E-state index in [0.717, 1.165) is 24.6 Å². The van der Waals surface area contributed by atoms with Gasteiger partial charge in [-0.2, -0.15) is 0 Å². The molecule has 3 heterocycles. The minimum atomic E-state index is 0.0175. The number of fused-ring (bicyclic) bond motifs is 2. The largest absolute Gasteiger partial charge is 0.323 e. The highest BCUT2D eigenvalue weighted by Crippen LogP contribution is 2.34. The number of hydrogen-bond acceptors (Lipinski definition) is 4. The monoisotopic (exact) mass is 334 g/mol. The summed E-state index contributed by atoms with van der Waals surface area (Å²) in [6.07, 6.45) is 10.00. The zero-order valence-corrected chi connectivity index (χ0v) is 14.4. The van der Waals surface area contributed by atoms with E-state index >= 15 is 0 Å². The molecule has 2 unspecified atom stereocenters. The van der Waals surface area contributed by atoms with Gasteiger partial charge in [0.1, 0.15) is 0 Å². The molecule has 0 aromatic carbocycles. The maximum absolute atomic E-state index is 12.5. The highest BCUT2D eigenvalue weighted by Gasteiger charge is 2.31. The van der Waals surface area contributed by atoms with Gasteiger partial charge in [-0.25, -0.2) is 9.78 Å². The third kappa shape index (κ3) is 3.53. The Labute approximate surface area is 141 Å². The van der Waals surface area contributed by atoms with Crippen LogP contribution < -0.4 is 10.6 Å². The lowest BCUT2D eigenvalue weighted by molar-refractivity contribution is 0.208. The van der Waals surface area contributed by atoms with E-state index in [-0.39, 0.29) is 6.03 Å². The van der Waals surface area contributed by atoms with Crippen LogP contribution in [-0.2, 0) is 0 Å². The minimum absolute atomic E-state index is 0.0175. The van der Waals surface area contributed by atoms with Gasteiger partial charge in [-0.3, -0.25) is 5.32 Å². The molecule has 0 radical (unpaired) electrons. The topological polar surface area (TPSA) is 57.3 Å². The summed E-state index contributed by atoms with van der Waals surface area (Å²) in [6.45, 7) is 1.67. The van der Waals surface area contributed by atoms with Gasteiger partial charge < -0.3 is 10.2 Å². The highest BCUT2D eigenvalue weighted by atomic mass is 32.1. The Balaban J connectivity index is 1.36. The van der Waals surface area contributed by atoms with Crippen molar-refractivity contribution in [3.63, 3.8) is 0 Å². The van der Waals surface area contributed by atoms with Crippen LogP contribution >= 0.6 is 11.3 Å². The number of nitrogens with one attached hydrogen (secondary N) is 2. The Kier molecular flexibility index (Phi) is 4.53. The Bertz CT molecular complexity index is 555. The summed E-state index contributed by atoms with van der Waals surface area (Å²) in [5, 5.41) is 9.54. The Hall–Kier alpha value is -1.14. The van der Waals surface area contributed by atoms with Crippen LogP contribution in [-0.4, -0.2) is 41.1 Å². The lowest BCUT2D eigenvalue weighted by atomic mass is 9.87. The van der Waals surface area contributed by atoms with Crippen LogP contribution in [0.1, 0.15) is 63.0 Å². The van der Waals surface area contributed by atoms with Crippen molar-refractivity contribution in [1.29, 1.82) is 0 Å². The van der Waals surface area contributed by atoms with E-state index in [4.69, 9.17) is 0 Å². The van der Waals surface area contributed by atoms with E-state index in [0.29, 0.717) is 18.0 Å². The van der Waals surface area contributed by atoms with Crippen LogP contribution in [0.25, 0.3) is 0 Å². The smallest absolute Gasteiger partial charge is 0.323 e. The average Bonchev–Trinajstić information content (AvgIpc) is 3.14. The highest BCUT2D eigenvalue weighted by molar-refractivity contribution is 7.13. The van der Waals surface area contributed by atoms with E-state index in [1.807, 2.05) is 4.90 Å². The molecule has 2 N–H and O–H groups in total. The number of hydrogen-bond donors (Lipinski definition) is 2. The summed E-state index contributed by atoms with van der Waals surface area (Å²) in [7, 11) is 0. The van der Waals surface area contributed by atoms with Crippen molar-refractivity contribution in [3.05, 3.63) is 11.1 Å². The molecule has 2 amide bonds. The number of carbonyl (C=O) groups is 1. The van der Waals surface area contributed by atoms with Crippen LogP contribution in [0.2, 0.25) is 0 Å². The number of rotatable bonds is 2. The number of aromatic nitrogens is 1. The Morgan fingerprint density at radius 1 is 1.17 bits per heavy atom. The number of carbonyl (C=O) groups excluding carboxylic acids is 1. The zero-order chi connectivity index (χ0) is 15.6. The minimum Gasteiger partial charge on any atom is -0.323 e. The SMILES string of the molecule is O=C(Nc1nc(C2CCCCC2)cs1)N1CCC2CCC(C1)N2. The van der Waals surface area contributed by atoms with Gasteiger partial charge in [0.2, 0.25) is 0 Å². The predicted molar refractivity (Wildman–Crippen MR) is 93.1 cm³/mol. The third-order valence-electron chi connectivity index (χ3n) is 5.57. The summed E-state index contributed by atoms with van der Waals surface area (Å²) in [4.78, 5) is 19.2. The average molecular weight is 334 g/mol. The van der Waals surface area contributed by atoms with Crippen molar-refractivity contribution in [3.8, 4) is 0 Å². The fourth-order valence-corrected chi connectivity index (χ4v) is 5.01. The van der Waals surface area contributed by atoms with Gasteiger partial charge in [0, 0.05) is 36.5 Å². The number of likely N-dealkylation sites (tertiary alicyclic amines) is 1. The van der Waals surface area contributed by atoms with Gasteiger partial charge in [-0.05, 0) is 32.1 Å². The van der Waals surface area contributed by atoms with E-state index in [1.54, 1.807) is 11.3 Å². The number of urea groups is 1. The van der Waals surface area contributed by atoms with Crippen molar-refractivity contribution in [1.82, 2.24) is 15.2 Å². The van der Waals surface area contributed by atoms with Crippen molar-refractivity contribution >= 4 is 22.5 Å². The van der Waals surface area contributed by atoms with Crippen LogP contribution in [0.4, 0.5) is 9.93 Å². The zero-order valence-electron chi connectivity index (χ0n) is 13.6. The summed E-state index contributed by atoms with van der Waals surface area (Å²) in [5.74, 6) is 0.601. The second-order valence-electron chi connectivity index (χ2n) is 7.22. The quantitative estimate of drug-likeness (QED) is 0.869. The number of anilines is 1. The summed E-state index contributed by atoms with van der Waals surface area (Å²) in [6, 6.07) is 1.10. The Morgan fingerprint density at radius 2 is 2.00 bits per heavy atom. The lowest BCUT2D eigenvalue weighted by Gasteiger charge is -2.24. The van der Waals surface area contributed by atoms with Gasteiger partial charge in [-0.1, -0.05) is 19.3 Å². The third-order valence-corrected chi connectivity index (χ3v) is 6.35. The maximum atomic E-state index is 12.5. The van der Waals surface area contributed by atoms with Gasteiger partial charge in [0.05, 0.1) is 5.69 Å². The van der Waals surface area contributed by atoms with E-state index in [1.165, 1.54) is 50.6 Å². The molecule has 2 aliphatic heterocycles. The van der Waals surface area contributed by atoms with E-state index in [9.17, 15) is 4.79 Å². The molecule has 5 nitrogen and oxygen atoms in total. The molecule has 2 bridgehead atoms. The molecule has 1 aliphatic carbocycles. The van der Waals surface area contributed by atoms with Crippen molar-refractivity contribution in [2.75, 3.05) is 18.4 Å². The standard InChI is InChI=1S/C17H26N4OS/c22-17(21-9-8-13-6-7-14(10-21)18-13)20-16-19-15(11-23-16)12-4-2-1-3-5-12/h11-14,18H,1-10H2,(H,19,20,22). The predicted octanol–water partition coefficient (Wildman–Crippen LogP) is 3.55. The lowest BCUT2D eigenvalue weighted by Crippen LogP contribution is -2.41. The molecule has 1 aromatic heterocycles. The molecular formula is C17H26N4OS. The van der Waals surface area contributed by atoms with Gasteiger partial charge >= 0.3 is 6.03 Å². The summed E-state index contributed by atoms with van der Waals surface area (Å²) in [5.41, 5.74) is 1.18. The second kappa shape index (κ2) is 6.77. The molecule has 6 heteroatoms. The molecule has 3 fully saturated rings. The number of thiazole rings is 1. The first-order valence-electron chi connectivity index (χ1n) is 9.05. The first-order valence-corrected chi connectivity index (χ1v) is 9.93. The molecule has 2 saturated heterocycles. The van der Waals surface area contributed by atoms with Crippen LogP contribution in [0, 0.1) is 0 Å². The number of amides is 2. The van der Waals surface area contributed by atoms with E-state index in [2.05, 4.69) is 21.0 Å². The molecule has 126 valence electrons. The molecule has 3 aliphatic rings. The fraction of sp³-hybridized carbons (Fsp3) is 0.765. The van der Waals surface area contributed by atoms with Crippen molar-refractivity contribution < 1.29 is 4.79 Å². The molecule has 1 aromatic rings. The van der Waals surface area contributed by atoms with Crippen molar-refractivity contribution in [2.24, 2.45) is 0 Å². The molecule has 2 atom stereocenters. The van der Waals surface area contributed by atoms with Gasteiger partial charge in [0.15, 0.2) is 5.13 Å². The maximum Gasteiger partial charge on any atom is 0.323 e. The van der Waals surface area contributed by atoms with Gasteiger partial charge in [-0.15, -0.1) is 11.3 Å². The Morgan fingerprint density at radius 3 is 2.87 bits per heavy atom. The van der Waals surface area contributed by atoms with E-state index < -0.39 is 0 Å². The van der Waals surface area contributed by atoms with Crippen LogP contribution in [0.3, 0.4) is 0 Å². The summed E-state index contributed by atoms with van der Waals surface area (Å²) >= 11 is 1.57. The number of nitrogens with zero attached hydrogens (tertiary/aromatic N) is 2.